The summed E-state index contributed by atoms with van der Waals surface area (Å²) in [5.74, 6) is -0.684. The summed E-state index contributed by atoms with van der Waals surface area (Å²) in [5, 5.41) is 5.93. The summed E-state index contributed by atoms with van der Waals surface area (Å²) in [7, 11) is 0. The molecule has 2 aromatic carbocycles. The predicted molar refractivity (Wildman–Crippen MR) is 88.0 cm³/mol. The normalized spacial score (nSPS) is 17.0. The van der Waals surface area contributed by atoms with Gasteiger partial charge < -0.3 is 15.4 Å². The van der Waals surface area contributed by atoms with Crippen LogP contribution in [0.4, 0.5) is 15.8 Å². The number of carbonyl (C=O) groups is 1. The topological polar surface area (TPSA) is 50.4 Å². The molecule has 120 valence electrons. The Morgan fingerprint density at radius 1 is 1.22 bits per heavy atom. The highest BCUT2D eigenvalue weighted by molar-refractivity contribution is 5.92. The lowest BCUT2D eigenvalue weighted by atomic mass is 10.1. The molecule has 1 heterocycles. The second-order valence-electron chi connectivity index (χ2n) is 5.61. The van der Waals surface area contributed by atoms with Gasteiger partial charge in [0.2, 0.25) is 5.91 Å². The summed E-state index contributed by atoms with van der Waals surface area (Å²) in [4.78, 5) is 12.1. The molecule has 3 rings (SSSR count). The number of ether oxygens (including phenoxy) is 1. The number of rotatable bonds is 5. The van der Waals surface area contributed by atoms with Crippen LogP contribution in [0.15, 0.2) is 48.5 Å². The van der Waals surface area contributed by atoms with E-state index in [9.17, 15) is 9.18 Å². The van der Waals surface area contributed by atoms with Crippen molar-refractivity contribution in [3.8, 4) is 0 Å². The SMILES string of the molecule is O=C(Cc1ccccc1)Nc1cc(NC2CCOC2)ccc1F. The Morgan fingerprint density at radius 3 is 2.78 bits per heavy atom. The van der Waals surface area contributed by atoms with Crippen LogP contribution < -0.4 is 10.6 Å². The lowest BCUT2D eigenvalue weighted by Crippen LogP contribution is -2.19. The van der Waals surface area contributed by atoms with Crippen LogP contribution in [-0.2, 0) is 16.0 Å². The van der Waals surface area contributed by atoms with Crippen molar-refractivity contribution in [3.63, 3.8) is 0 Å². The van der Waals surface area contributed by atoms with E-state index in [1.807, 2.05) is 30.3 Å². The van der Waals surface area contributed by atoms with Crippen LogP contribution in [0, 0.1) is 5.82 Å². The van der Waals surface area contributed by atoms with Crippen LogP contribution in [-0.4, -0.2) is 25.2 Å². The molecular weight excluding hydrogens is 295 g/mol. The Labute approximate surface area is 134 Å². The molecule has 0 bridgehead atoms. The van der Waals surface area contributed by atoms with Crippen molar-refractivity contribution in [3.05, 3.63) is 59.9 Å². The first-order valence-electron chi connectivity index (χ1n) is 7.68. The summed E-state index contributed by atoms with van der Waals surface area (Å²) in [6, 6.07) is 14.3. The van der Waals surface area contributed by atoms with Gasteiger partial charge in [-0.1, -0.05) is 30.3 Å². The van der Waals surface area contributed by atoms with Gasteiger partial charge in [0.15, 0.2) is 0 Å². The van der Waals surface area contributed by atoms with Crippen LogP contribution >= 0.6 is 0 Å². The molecule has 2 aromatic rings. The molecule has 1 saturated heterocycles. The van der Waals surface area contributed by atoms with Crippen molar-refractivity contribution in [1.82, 2.24) is 0 Å². The molecule has 0 spiro atoms. The van der Waals surface area contributed by atoms with Crippen LogP contribution in [0.2, 0.25) is 0 Å². The smallest absolute Gasteiger partial charge is 0.228 e. The van der Waals surface area contributed by atoms with Crippen molar-refractivity contribution in [2.24, 2.45) is 0 Å². The molecule has 5 heteroatoms. The molecule has 1 aliphatic rings. The molecule has 1 atom stereocenters. The zero-order chi connectivity index (χ0) is 16.1. The number of anilines is 2. The first-order valence-corrected chi connectivity index (χ1v) is 7.68. The predicted octanol–water partition coefficient (Wildman–Crippen LogP) is 3.21. The Hall–Kier alpha value is -2.40. The maximum absolute atomic E-state index is 13.9. The maximum Gasteiger partial charge on any atom is 0.228 e. The largest absolute Gasteiger partial charge is 0.380 e. The van der Waals surface area contributed by atoms with Crippen molar-refractivity contribution < 1.29 is 13.9 Å². The van der Waals surface area contributed by atoms with E-state index in [2.05, 4.69) is 10.6 Å². The summed E-state index contributed by atoms with van der Waals surface area (Å²) < 4.78 is 19.2. The van der Waals surface area contributed by atoms with Crippen molar-refractivity contribution in [1.29, 1.82) is 0 Å². The highest BCUT2D eigenvalue weighted by Crippen LogP contribution is 2.22. The molecule has 1 unspecified atom stereocenters. The summed E-state index contributed by atoms with van der Waals surface area (Å²) in [5.41, 5.74) is 1.86. The minimum absolute atomic E-state index is 0.190. The number of carbonyl (C=O) groups excluding carboxylic acids is 1. The quantitative estimate of drug-likeness (QED) is 0.891. The number of benzene rings is 2. The third-order valence-electron chi connectivity index (χ3n) is 3.75. The van der Waals surface area contributed by atoms with E-state index in [0.29, 0.717) is 6.61 Å². The van der Waals surface area contributed by atoms with E-state index in [0.717, 1.165) is 24.3 Å². The standard InChI is InChI=1S/C18H19FN2O2/c19-16-7-6-14(20-15-8-9-23-12-15)11-17(16)21-18(22)10-13-4-2-1-3-5-13/h1-7,11,15,20H,8-10,12H2,(H,21,22). The average Bonchev–Trinajstić information content (AvgIpc) is 3.04. The Morgan fingerprint density at radius 2 is 2.04 bits per heavy atom. The number of nitrogens with one attached hydrogen (secondary N) is 2. The van der Waals surface area contributed by atoms with Crippen LogP contribution in [0.1, 0.15) is 12.0 Å². The van der Waals surface area contributed by atoms with Crippen molar-refractivity contribution in [2.45, 2.75) is 18.9 Å². The third-order valence-corrected chi connectivity index (χ3v) is 3.75. The first-order chi connectivity index (χ1) is 11.2. The van der Waals surface area contributed by atoms with E-state index in [4.69, 9.17) is 4.74 Å². The summed E-state index contributed by atoms with van der Waals surface area (Å²) >= 11 is 0. The van der Waals surface area contributed by atoms with Crippen LogP contribution in [0.3, 0.4) is 0 Å². The molecule has 1 aliphatic heterocycles. The molecule has 0 aromatic heterocycles. The summed E-state index contributed by atoms with van der Waals surface area (Å²) in [6.07, 6.45) is 1.14. The molecular formula is C18H19FN2O2. The number of amides is 1. The number of hydrogen-bond donors (Lipinski definition) is 2. The molecule has 1 fully saturated rings. The Bertz CT molecular complexity index is 670. The van der Waals surface area contributed by atoms with Gasteiger partial charge in [-0.15, -0.1) is 0 Å². The highest BCUT2D eigenvalue weighted by Gasteiger charge is 2.16. The van der Waals surface area contributed by atoms with Gasteiger partial charge in [0.1, 0.15) is 5.82 Å². The fraction of sp³-hybridized carbons (Fsp3) is 0.278. The molecule has 0 radical (unpaired) electrons. The lowest BCUT2D eigenvalue weighted by molar-refractivity contribution is -0.115. The van der Waals surface area contributed by atoms with E-state index in [1.54, 1.807) is 12.1 Å². The zero-order valence-corrected chi connectivity index (χ0v) is 12.7. The average molecular weight is 314 g/mol. The van der Waals surface area contributed by atoms with Gasteiger partial charge in [-0.2, -0.15) is 0 Å². The lowest BCUT2D eigenvalue weighted by Gasteiger charge is -2.14. The van der Waals surface area contributed by atoms with Gasteiger partial charge in [0, 0.05) is 12.3 Å². The van der Waals surface area contributed by atoms with Gasteiger partial charge in [-0.05, 0) is 30.2 Å². The monoisotopic (exact) mass is 314 g/mol. The molecule has 0 aliphatic carbocycles. The van der Waals surface area contributed by atoms with Gasteiger partial charge in [-0.3, -0.25) is 4.79 Å². The summed E-state index contributed by atoms with van der Waals surface area (Å²) in [6.45, 7) is 1.38. The minimum Gasteiger partial charge on any atom is -0.380 e. The fourth-order valence-corrected chi connectivity index (χ4v) is 2.57. The van der Waals surface area contributed by atoms with E-state index >= 15 is 0 Å². The number of hydrogen-bond acceptors (Lipinski definition) is 3. The minimum atomic E-state index is -0.445. The molecule has 4 nitrogen and oxygen atoms in total. The van der Waals surface area contributed by atoms with Crippen LogP contribution in [0.5, 0.6) is 0 Å². The third kappa shape index (κ3) is 4.29. The second kappa shape index (κ2) is 7.24. The highest BCUT2D eigenvalue weighted by atomic mass is 19.1. The van der Waals surface area contributed by atoms with Gasteiger partial charge in [-0.25, -0.2) is 4.39 Å². The molecule has 1 amide bonds. The van der Waals surface area contributed by atoms with Gasteiger partial charge >= 0.3 is 0 Å². The van der Waals surface area contributed by atoms with Crippen LogP contribution in [0.25, 0.3) is 0 Å². The molecule has 2 N–H and O–H groups in total. The molecule has 23 heavy (non-hydrogen) atoms. The van der Waals surface area contributed by atoms with Gasteiger partial charge in [0.25, 0.3) is 0 Å². The van der Waals surface area contributed by atoms with E-state index in [1.165, 1.54) is 6.07 Å². The van der Waals surface area contributed by atoms with Gasteiger partial charge in [0.05, 0.1) is 24.8 Å². The Kier molecular flexibility index (Phi) is 4.88. The van der Waals surface area contributed by atoms with Crippen molar-refractivity contribution >= 4 is 17.3 Å². The van der Waals surface area contributed by atoms with E-state index in [-0.39, 0.29) is 24.1 Å². The maximum atomic E-state index is 13.9. The Balaban J connectivity index is 1.65. The van der Waals surface area contributed by atoms with Crippen molar-refractivity contribution in [2.75, 3.05) is 23.8 Å². The number of halogens is 1. The van der Waals surface area contributed by atoms with E-state index < -0.39 is 5.82 Å². The molecule has 0 saturated carbocycles. The fourth-order valence-electron chi connectivity index (χ4n) is 2.57. The zero-order valence-electron chi connectivity index (χ0n) is 12.7. The second-order valence-corrected chi connectivity index (χ2v) is 5.61. The first kappa shape index (κ1) is 15.5.